The van der Waals surface area contributed by atoms with E-state index < -0.39 is 41.2 Å². The molecule has 0 aliphatic heterocycles. The van der Waals surface area contributed by atoms with E-state index in [1.807, 2.05) is 0 Å². The lowest BCUT2D eigenvalue weighted by molar-refractivity contribution is 0.410. The average Bonchev–Trinajstić information content (AvgIpc) is 3.44. The van der Waals surface area contributed by atoms with Crippen LogP contribution in [0.3, 0.4) is 0 Å². The number of ether oxygens (including phenoxy) is 1. The molecular weight excluding hydrogens is 348 g/mol. The van der Waals surface area contributed by atoms with Crippen molar-refractivity contribution in [3.8, 4) is 11.4 Å². The molecule has 0 amide bonds. The number of hydrogen-bond acceptors (Lipinski definition) is 4. The van der Waals surface area contributed by atoms with Gasteiger partial charge in [0.2, 0.25) is 0 Å². The summed E-state index contributed by atoms with van der Waals surface area (Å²) >= 11 is 0. The molecule has 4 aromatic rings. The van der Waals surface area contributed by atoms with E-state index in [9.17, 15) is 4.21 Å². The number of rotatable bonds is 5. The average molecular weight is 374 g/mol. The summed E-state index contributed by atoms with van der Waals surface area (Å²) in [6.45, 7) is -2.75. The van der Waals surface area contributed by atoms with Gasteiger partial charge in [-0.2, -0.15) is 0 Å². The number of aromatic nitrogens is 4. The number of aromatic amines is 1. The second kappa shape index (κ2) is 6.76. The second-order valence-electron chi connectivity index (χ2n) is 5.27. The van der Waals surface area contributed by atoms with Crippen LogP contribution in [0.2, 0.25) is 0 Å². The fourth-order valence-electron chi connectivity index (χ4n) is 2.37. The molecule has 1 N–H and O–H groups in total. The van der Waals surface area contributed by atoms with E-state index in [-0.39, 0.29) is 51.4 Å². The van der Waals surface area contributed by atoms with Gasteiger partial charge in [0.05, 0.1) is 47.2 Å². The van der Waals surface area contributed by atoms with Gasteiger partial charge in [0.25, 0.3) is 0 Å². The lowest BCUT2D eigenvalue weighted by atomic mass is 10.2. The minimum absolute atomic E-state index is 0.0153. The van der Waals surface area contributed by atoms with Gasteiger partial charge in [-0.25, -0.2) is 4.98 Å². The summed E-state index contributed by atoms with van der Waals surface area (Å²) in [5.41, 5.74) is -0.366. The van der Waals surface area contributed by atoms with Crippen LogP contribution >= 0.6 is 0 Å². The Morgan fingerprint density at radius 3 is 2.96 bits per heavy atom. The van der Waals surface area contributed by atoms with E-state index >= 15 is 0 Å². The predicted molar refractivity (Wildman–Crippen MR) is 101 cm³/mol. The maximum absolute atomic E-state index is 13.2. The Kier molecular flexibility index (Phi) is 2.52. The van der Waals surface area contributed by atoms with E-state index in [4.69, 9.17) is 15.7 Å². The van der Waals surface area contributed by atoms with Crippen molar-refractivity contribution >= 4 is 21.8 Å². The topological polar surface area (TPSA) is 72.8 Å². The first-order valence-electron chi connectivity index (χ1n) is 11.5. The summed E-state index contributed by atoms with van der Waals surface area (Å²) in [7, 11) is -0.843. The lowest BCUT2D eigenvalue weighted by Crippen LogP contribution is -2.03. The number of nitrogens with one attached hydrogen (secondary N) is 1. The lowest BCUT2D eigenvalue weighted by Gasteiger charge is -2.08. The van der Waals surface area contributed by atoms with Crippen LogP contribution in [0.15, 0.2) is 60.0 Å². The highest BCUT2D eigenvalue weighted by Gasteiger charge is 2.15. The predicted octanol–water partition coefficient (Wildman–Crippen LogP) is 3.37. The van der Waals surface area contributed by atoms with Crippen LogP contribution in [-0.4, -0.2) is 30.8 Å². The second-order valence-corrected chi connectivity index (χ2v) is 6.64. The molecule has 0 fully saturated rings. The van der Waals surface area contributed by atoms with Crippen LogP contribution in [-0.2, 0) is 16.6 Å². The van der Waals surface area contributed by atoms with Crippen LogP contribution in [0, 0.1) is 6.85 Å². The molecule has 0 radical (unpaired) electrons. The van der Waals surface area contributed by atoms with Crippen molar-refractivity contribution in [1.29, 1.82) is 0 Å². The molecule has 3 aromatic heterocycles. The molecule has 26 heavy (non-hydrogen) atoms. The maximum Gasteiger partial charge on any atom is 0.197 e. The Balaban J connectivity index is 1.82. The molecule has 0 aliphatic rings. The maximum atomic E-state index is 13.2. The Morgan fingerprint density at radius 2 is 2.19 bits per heavy atom. The highest BCUT2D eigenvalue weighted by atomic mass is 32.2. The SMILES string of the molecule is [2H]c1nc(CS(=O)c2nc3c([2H])c([2H])c(-n4cccc4)c([2H])c3[nH]2)c(C([2H])([2H])[2H])c(OC)c1[2H]. The molecule has 7 heteroatoms. The Hall–Kier alpha value is -2.93. The largest absolute Gasteiger partial charge is 0.496 e. The smallest absolute Gasteiger partial charge is 0.197 e. The molecule has 0 aliphatic carbocycles. The molecule has 132 valence electrons. The van der Waals surface area contributed by atoms with Crippen molar-refractivity contribution in [2.24, 2.45) is 0 Å². The third-order valence-electron chi connectivity index (χ3n) is 3.65. The number of methoxy groups -OCH3 is 1. The number of hydrogen-bond donors (Lipinski definition) is 1. The number of H-pyrrole nitrogens is 1. The summed E-state index contributed by atoms with van der Waals surface area (Å²) < 4.78 is 84.0. The number of imidazole rings is 1. The van der Waals surface area contributed by atoms with Crippen LogP contribution < -0.4 is 4.74 Å². The first-order chi connectivity index (χ1) is 16.0. The first kappa shape index (κ1) is 9.68. The van der Waals surface area contributed by atoms with E-state index in [1.165, 1.54) is 11.7 Å². The monoisotopic (exact) mass is 374 g/mol. The molecule has 4 rings (SSSR count). The summed E-state index contributed by atoms with van der Waals surface area (Å²) in [5.74, 6) is -0.803. The highest BCUT2D eigenvalue weighted by Crippen LogP contribution is 2.22. The summed E-state index contributed by atoms with van der Waals surface area (Å²) in [4.78, 5) is 10.8. The normalized spacial score (nSPS) is 17.3. The summed E-state index contributed by atoms with van der Waals surface area (Å²) in [6, 6.07) is 2.34. The van der Waals surface area contributed by atoms with Gasteiger partial charge in [0.15, 0.2) is 5.16 Å². The van der Waals surface area contributed by atoms with Crippen molar-refractivity contribution < 1.29 is 19.9 Å². The van der Waals surface area contributed by atoms with Crippen molar-refractivity contribution in [2.45, 2.75) is 17.8 Å². The Labute approximate surface area is 164 Å². The molecule has 0 spiro atoms. The van der Waals surface area contributed by atoms with E-state index in [0.717, 1.165) is 0 Å². The number of nitrogens with zero attached hydrogens (tertiary/aromatic N) is 3. The number of benzene rings is 1. The molecule has 6 nitrogen and oxygen atoms in total. The van der Waals surface area contributed by atoms with E-state index in [0.29, 0.717) is 0 Å². The molecular formula is C19H18N4O2S. The molecule has 0 saturated heterocycles. The number of pyridine rings is 1. The fraction of sp³-hybridized carbons (Fsp3) is 0.158. The van der Waals surface area contributed by atoms with Crippen LogP contribution in [0.4, 0.5) is 0 Å². The molecule has 1 unspecified atom stereocenters. The van der Waals surface area contributed by atoms with Crippen LogP contribution in [0.1, 0.15) is 22.2 Å². The third kappa shape index (κ3) is 3.01. The van der Waals surface area contributed by atoms with Gasteiger partial charge >= 0.3 is 0 Å². The van der Waals surface area contributed by atoms with Gasteiger partial charge in [-0.15, -0.1) is 0 Å². The minimum atomic E-state index is -2.75. The molecule has 1 atom stereocenters. The van der Waals surface area contributed by atoms with E-state index in [1.54, 1.807) is 24.5 Å². The van der Waals surface area contributed by atoms with Crippen LogP contribution in [0.5, 0.6) is 5.75 Å². The quantitative estimate of drug-likeness (QED) is 0.581. The first-order valence-corrected chi connectivity index (χ1v) is 8.83. The van der Waals surface area contributed by atoms with Crippen LogP contribution in [0.25, 0.3) is 16.7 Å². The molecule has 3 heterocycles. The van der Waals surface area contributed by atoms with Crippen molar-refractivity contribution in [1.82, 2.24) is 19.5 Å². The third-order valence-corrected chi connectivity index (χ3v) is 4.81. The zero-order valence-electron chi connectivity index (χ0n) is 21.6. The summed E-state index contributed by atoms with van der Waals surface area (Å²) in [6.07, 6.45) is 2.74. The Bertz CT molecular complexity index is 1430. The molecule has 1 aromatic carbocycles. The standard InChI is InChI=1S/C19H18N4O2S/c1-13-17(20-8-7-18(13)25-2)12-26(24)19-21-15-6-5-14(11-16(15)22-19)23-9-3-4-10-23/h3-11H,12H2,1-2H3,(H,21,22)/i1D3,5D,6D,7D,8D,11D. The highest BCUT2D eigenvalue weighted by molar-refractivity contribution is 7.84. The van der Waals surface area contributed by atoms with Gasteiger partial charge in [-0.1, -0.05) is 0 Å². The van der Waals surface area contributed by atoms with Gasteiger partial charge < -0.3 is 14.3 Å². The minimum Gasteiger partial charge on any atom is -0.496 e. The Morgan fingerprint density at radius 1 is 1.35 bits per heavy atom. The zero-order chi connectivity index (χ0) is 24.9. The van der Waals surface area contributed by atoms with Crippen molar-refractivity contribution in [3.05, 3.63) is 66.1 Å². The van der Waals surface area contributed by atoms with Crippen molar-refractivity contribution in [3.63, 3.8) is 0 Å². The fourth-order valence-corrected chi connectivity index (χ4v) is 3.37. The van der Waals surface area contributed by atoms with Gasteiger partial charge in [-0.3, -0.25) is 9.19 Å². The number of fused-ring (bicyclic) bond motifs is 1. The van der Waals surface area contributed by atoms with Crippen molar-refractivity contribution in [2.75, 3.05) is 7.11 Å². The van der Waals surface area contributed by atoms with Gasteiger partial charge in [0.1, 0.15) is 5.75 Å². The van der Waals surface area contributed by atoms with E-state index in [2.05, 4.69) is 15.0 Å². The zero-order valence-corrected chi connectivity index (χ0v) is 14.4. The molecule has 0 saturated carbocycles. The van der Waals surface area contributed by atoms with Gasteiger partial charge in [-0.05, 0) is 43.2 Å². The summed E-state index contributed by atoms with van der Waals surface area (Å²) in [5, 5.41) is -0.139. The molecule has 0 bridgehead atoms. The van der Waals surface area contributed by atoms with Gasteiger partial charge in [0, 0.05) is 33.9 Å².